The van der Waals surface area contributed by atoms with Crippen LogP contribution in [0.3, 0.4) is 0 Å². The Kier molecular flexibility index (Phi) is 2.11. The summed E-state index contributed by atoms with van der Waals surface area (Å²) in [6.07, 6.45) is 3.99. The summed E-state index contributed by atoms with van der Waals surface area (Å²) in [5.41, 5.74) is 8.20. The average molecular weight is 219 g/mol. The van der Waals surface area contributed by atoms with E-state index in [1.807, 2.05) is 17.5 Å². The zero-order valence-electron chi connectivity index (χ0n) is 8.44. The summed E-state index contributed by atoms with van der Waals surface area (Å²) in [6.45, 7) is 1.73. The second kappa shape index (κ2) is 3.47. The normalized spacial score (nSPS) is 13.7. The fourth-order valence-electron chi connectivity index (χ4n) is 2.18. The van der Waals surface area contributed by atoms with Gasteiger partial charge in [-0.15, -0.1) is 11.3 Å². The molecule has 3 rings (SSSR count). The molecular weight excluding hydrogens is 206 g/mol. The smallest absolute Gasteiger partial charge is 0.110 e. The van der Waals surface area contributed by atoms with Gasteiger partial charge in [-0.3, -0.25) is 0 Å². The maximum Gasteiger partial charge on any atom is 0.110 e. The number of aromatic nitrogens is 2. The lowest BCUT2D eigenvalue weighted by Crippen LogP contribution is -2.14. The van der Waals surface area contributed by atoms with Crippen molar-refractivity contribution < 1.29 is 0 Å². The molecule has 3 nitrogen and oxygen atoms in total. The highest BCUT2D eigenvalue weighted by atomic mass is 32.1. The van der Waals surface area contributed by atoms with Crippen molar-refractivity contribution in [3.8, 4) is 11.3 Å². The minimum atomic E-state index is 0.674. The van der Waals surface area contributed by atoms with Crippen LogP contribution in [0.4, 0.5) is 0 Å². The van der Waals surface area contributed by atoms with Crippen molar-refractivity contribution in [2.24, 2.45) is 5.73 Å². The van der Waals surface area contributed by atoms with E-state index in [1.165, 1.54) is 16.1 Å². The van der Waals surface area contributed by atoms with E-state index >= 15 is 0 Å². The van der Waals surface area contributed by atoms with Gasteiger partial charge >= 0.3 is 0 Å². The first-order valence-electron chi connectivity index (χ1n) is 5.21. The van der Waals surface area contributed by atoms with E-state index in [2.05, 4.69) is 21.0 Å². The Balaban J connectivity index is 2.11. The quantitative estimate of drug-likeness (QED) is 0.835. The molecule has 15 heavy (non-hydrogen) atoms. The third kappa shape index (κ3) is 1.33. The fourth-order valence-corrected chi connectivity index (χ4v) is 3.06. The summed E-state index contributed by atoms with van der Waals surface area (Å²) in [4.78, 5) is 5.94. The number of rotatable bonds is 2. The first-order chi connectivity index (χ1) is 7.40. The molecule has 2 aromatic rings. The molecule has 0 bridgehead atoms. The van der Waals surface area contributed by atoms with Gasteiger partial charge in [0.2, 0.25) is 0 Å². The van der Waals surface area contributed by atoms with Gasteiger partial charge in [0.15, 0.2) is 0 Å². The van der Waals surface area contributed by atoms with Crippen LogP contribution in [0, 0.1) is 0 Å². The van der Waals surface area contributed by atoms with Gasteiger partial charge in [0.1, 0.15) is 5.82 Å². The molecule has 2 aromatic heterocycles. The van der Waals surface area contributed by atoms with Gasteiger partial charge < -0.3 is 10.3 Å². The number of hydrogen-bond donors (Lipinski definition) is 1. The molecule has 3 heterocycles. The van der Waals surface area contributed by atoms with Crippen molar-refractivity contribution in [2.75, 3.05) is 6.54 Å². The van der Waals surface area contributed by atoms with Crippen molar-refractivity contribution in [1.29, 1.82) is 0 Å². The maximum atomic E-state index is 5.58. The molecule has 0 amide bonds. The summed E-state index contributed by atoms with van der Waals surface area (Å²) in [5.74, 6) is 1.13. The molecule has 78 valence electrons. The van der Waals surface area contributed by atoms with Gasteiger partial charge in [0.05, 0.1) is 11.9 Å². The number of imidazole rings is 1. The topological polar surface area (TPSA) is 43.8 Å². The minimum Gasteiger partial charge on any atom is -0.330 e. The molecule has 1 aliphatic heterocycles. The lowest BCUT2D eigenvalue weighted by Gasteiger charge is -2.16. The van der Waals surface area contributed by atoms with Gasteiger partial charge in [0, 0.05) is 29.8 Å². The molecule has 0 aromatic carbocycles. The highest BCUT2D eigenvalue weighted by Gasteiger charge is 2.19. The van der Waals surface area contributed by atoms with E-state index in [4.69, 9.17) is 5.73 Å². The second-order valence-corrected chi connectivity index (χ2v) is 4.76. The van der Waals surface area contributed by atoms with Gasteiger partial charge in [-0.05, 0) is 18.0 Å². The summed E-state index contributed by atoms with van der Waals surface area (Å²) in [7, 11) is 0. The number of nitrogens with two attached hydrogens (primary N) is 1. The van der Waals surface area contributed by atoms with Crippen molar-refractivity contribution in [2.45, 2.75) is 19.4 Å². The van der Waals surface area contributed by atoms with Gasteiger partial charge in [-0.2, -0.15) is 0 Å². The molecule has 0 saturated carbocycles. The molecule has 4 heteroatoms. The number of aryl methyl sites for hydroxylation is 1. The Bertz CT molecular complexity index is 484. The van der Waals surface area contributed by atoms with E-state index < -0.39 is 0 Å². The molecule has 0 unspecified atom stereocenters. The Hall–Kier alpha value is -1.13. The van der Waals surface area contributed by atoms with E-state index in [-0.39, 0.29) is 0 Å². The molecule has 0 fully saturated rings. The monoisotopic (exact) mass is 219 g/mol. The summed E-state index contributed by atoms with van der Waals surface area (Å²) in [5, 5.41) is 2.16. The minimum absolute atomic E-state index is 0.674. The molecular formula is C11H13N3S. The first kappa shape index (κ1) is 9.12. The van der Waals surface area contributed by atoms with Crippen LogP contribution >= 0.6 is 11.3 Å². The Morgan fingerprint density at radius 3 is 3.33 bits per heavy atom. The van der Waals surface area contributed by atoms with E-state index in [1.54, 1.807) is 0 Å². The van der Waals surface area contributed by atoms with Crippen LogP contribution in [0.25, 0.3) is 11.3 Å². The molecule has 0 saturated heterocycles. The van der Waals surface area contributed by atoms with Gasteiger partial charge in [0.25, 0.3) is 0 Å². The molecule has 2 N–H and O–H groups in total. The summed E-state index contributed by atoms with van der Waals surface area (Å²) < 4.78 is 2.31. The van der Waals surface area contributed by atoms with Crippen molar-refractivity contribution in [1.82, 2.24) is 9.55 Å². The van der Waals surface area contributed by atoms with Crippen LogP contribution in [-0.4, -0.2) is 16.1 Å². The second-order valence-electron chi connectivity index (χ2n) is 3.76. The Morgan fingerprint density at radius 2 is 2.47 bits per heavy atom. The van der Waals surface area contributed by atoms with Crippen LogP contribution in [0.5, 0.6) is 0 Å². The highest BCUT2D eigenvalue weighted by Crippen LogP contribution is 2.33. The van der Waals surface area contributed by atoms with E-state index in [9.17, 15) is 0 Å². The number of nitrogens with zero attached hydrogens (tertiary/aromatic N) is 2. The summed E-state index contributed by atoms with van der Waals surface area (Å²) in [6, 6.07) is 2.19. The van der Waals surface area contributed by atoms with Crippen LogP contribution in [0.15, 0.2) is 17.6 Å². The molecule has 0 radical (unpaired) electrons. The largest absolute Gasteiger partial charge is 0.330 e. The first-order valence-corrected chi connectivity index (χ1v) is 6.09. The number of hydrogen-bond acceptors (Lipinski definition) is 3. The third-order valence-electron chi connectivity index (χ3n) is 2.89. The standard InChI is InChI=1S/C11H13N3S/c12-4-1-11-13-7-9-8-3-6-15-10(8)2-5-14(9)11/h3,6-7H,1-2,4-5,12H2. The highest BCUT2D eigenvalue weighted by molar-refractivity contribution is 7.10. The number of thiophene rings is 1. The Morgan fingerprint density at radius 1 is 1.53 bits per heavy atom. The van der Waals surface area contributed by atoms with Crippen LogP contribution < -0.4 is 5.73 Å². The van der Waals surface area contributed by atoms with E-state index in [0.29, 0.717) is 6.54 Å². The Labute approximate surface area is 92.6 Å². The van der Waals surface area contributed by atoms with Gasteiger partial charge in [-0.25, -0.2) is 4.98 Å². The van der Waals surface area contributed by atoms with E-state index in [0.717, 1.165) is 25.2 Å². The lowest BCUT2D eigenvalue weighted by molar-refractivity contribution is 0.646. The van der Waals surface area contributed by atoms with Crippen molar-refractivity contribution >= 4 is 11.3 Å². The molecule has 0 atom stereocenters. The van der Waals surface area contributed by atoms with Crippen LogP contribution in [-0.2, 0) is 19.4 Å². The van der Waals surface area contributed by atoms with Gasteiger partial charge in [-0.1, -0.05) is 0 Å². The third-order valence-corrected chi connectivity index (χ3v) is 3.87. The SMILES string of the molecule is NCCc1ncc2n1CCc1sccc1-2. The fraction of sp³-hybridized carbons (Fsp3) is 0.364. The average Bonchev–Trinajstić information content (AvgIpc) is 2.83. The molecule has 0 aliphatic carbocycles. The predicted molar refractivity (Wildman–Crippen MR) is 62.0 cm³/mol. The lowest BCUT2D eigenvalue weighted by atomic mass is 10.1. The molecule has 0 spiro atoms. The van der Waals surface area contributed by atoms with Crippen molar-refractivity contribution in [3.05, 3.63) is 28.3 Å². The van der Waals surface area contributed by atoms with Crippen molar-refractivity contribution in [3.63, 3.8) is 0 Å². The van der Waals surface area contributed by atoms with Crippen LogP contribution in [0.1, 0.15) is 10.7 Å². The number of fused-ring (bicyclic) bond motifs is 3. The zero-order valence-corrected chi connectivity index (χ0v) is 9.26. The summed E-state index contributed by atoms with van der Waals surface area (Å²) >= 11 is 1.85. The zero-order chi connectivity index (χ0) is 10.3. The predicted octanol–water partition coefficient (Wildman–Crippen LogP) is 1.67. The molecule has 1 aliphatic rings. The maximum absolute atomic E-state index is 5.58. The van der Waals surface area contributed by atoms with Crippen LogP contribution in [0.2, 0.25) is 0 Å².